The standard InChI is InChI=1S/C12H18O2/c1-5-7-11(4)14-12(13)9-8-10(3)6-2/h5-9,11H,1-4H3/b7-5-,9-8+,10-6+/t11-/m1/s1. The van der Waals surface area contributed by atoms with Crippen molar-refractivity contribution < 1.29 is 9.53 Å². The lowest BCUT2D eigenvalue weighted by atomic mass is 10.2. The minimum Gasteiger partial charge on any atom is -0.455 e. The monoisotopic (exact) mass is 194 g/mol. The van der Waals surface area contributed by atoms with Gasteiger partial charge in [-0.3, -0.25) is 0 Å². The van der Waals surface area contributed by atoms with Crippen molar-refractivity contribution in [3.8, 4) is 0 Å². The van der Waals surface area contributed by atoms with E-state index in [1.54, 1.807) is 6.08 Å². The average Bonchev–Trinajstić information content (AvgIpc) is 2.14. The first kappa shape index (κ1) is 12.7. The molecule has 2 heteroatoms. The third-order valence-electron chi connectivity index (χ3n) is 1.70. The molecule has 0 fully saturated rings. The maximum absolute atomic E-state index is 11.2. The molecule has 78 valence electrons. The van der Waals surface area contributed by atoms with Crippen LogP contribution in [0.1, 0.15) is 27.7 Å². The van der Waals surface area contributed by atoms with E-state index in [1.807, 2.05) is 45.9 Å². The van der Waals surface area contributed by atoms with Crippen molar-refractivity contribution in [1.82, 2.24) is 0 Å². The van der Waals surface area contributed by atoms with E-state index in [4.69, 9.17) is 4.74 Å². The molecule has 0 saturated carbocycles. The Morgan fingerprint density at radius 3 is 2.43 bits per heavy atom. The smallest absolute Gasteiger partial charge is 0.331 e. The van der Waals surface area contributed by atoms with Gasteiger partial charge >= 0.3 is 5.97 Å². The highest BCUT2D eigenvalue weighted by Crippen LogP contribution is 1.98. The number of carbonyl (C=O) groups excluding carboxylic acids is 1. The first-order chi connectivity index (χ1) is 6.60. The van der Waals surface area contributed by atoms with Crippen LogP contribution in [0.25, 0.3) is 0 Å². The second kappa shape index (κ2) is 7.13. The molecule has 1 atom stereocenters. The van der Waals surface area contributed by atoms with Crippen LogP contribution in [0.3, 0.4) is 0 Å². The van der Waals surface area contributed by atoms with Crippen LogP contribution in [0.4, 0.5) is 0 Å². The van der Waals surface area contributed by atoms with Crippen LogP contribution in [-0.2, 0) is 9.53 Å². The summed E-state index contributed by atoms with van der Waals surface area (Å²) in [5.74, 6) is -0.309. The summed E-state index contributed by atoms with van der Waals surface area (Å²) in [6.45, 7) is 7.57. The van der Waals surface area contributed by atoms with Gasteiger partial charge in [0.15, 0.2) is 0 Å². The molecule has 0 aromatic rings. The third kappa shape index (κ3) is 6.23. The van der Waals surface area contributed by atoms with E-state index in [0.29, 0.717) is 0 Å². The Hall–Kier alpha value is -1.31. The van der Waals surface area contributed by atoms with Crippen LogP contribution >= 0.6 is 0 Å². The van der Waals surface area contributed by atoms with Gasteiger partial charge in [-0.15, -0.1) is 0 Å². The molecule has 0 aliphatic carbocycles. The fraction of sp³-hybridized carbons (Fsp3) is 0.417. The predicted molar refractivity (Wildman–Crippen MR) is 58.9 cm³/mol. The van der Waals surface area contributed by atoms with E-state index in [9.17, 15) is 4.79 Å². The highest BCUT2D eigenvalue weighted by atomic mass is 16.5. The van der Waals surface area contributed by atoms with Gasteiger partial charge in [-0.1, -0.05) is 23.8 Å². The zero-order valence-corrected chi connectivity index (χ0v) is 9.28. The van der Waals surface area contributed by atoms with Gasteiger partial charge in [-0.05, 0) is 33.8 Å². The molecule has 0 bridgehead atoms. The Bertz CT molecular complexity index is 259. The molecule has 14 heavy (non-hydrogen) atoms. The number of carbonyl (C=O) groups is 1. The van der Waals surface area contributed by atoms with E-state index in [2.05, 4.69) is 0 Å². The highest BCUT2D eigenvalue weighted by molar-refractivity contribution is 5.82. The van der Waals surface area contributed by atoms with Crippen molar-refractivity contribution >= 4 is 5.97 Å². The number of hydrogen-bond donors (Lipinski definition) is 0. The van der Waals surface area contributed by atoms with E-state index >= 15 is 0 Å². The van der Waals surface area contributed by atoms with Gasteiger partial charge in [0, 0.05) is 6.08 Å². The lowest BCUT2D eigenvalue weighted by molar-refractivity contribution is -0.140. The molecule has 0 saturated heterocycles. The van der Waals surface area contributed by atoms with Crippen molar-refractivity contribution in [2.75, 3.05) is 0 Å². The summed E-state index contributed by atoms with van der Waals surface area (Å²) in [6, 6.07) is 0. The van der Waals surface area contributed by atoms with Gasteiger partial charge in [0.25, 0.3) is 0 Å². The van der Waals surface area contributed by atoms with E-state index < -0.39 is 0 Å². The molecule has 0 aliphatic rings. The minimum absolute atomic E-state index is 0.164. The van der Waals surface area contributed by atoms with Crippen molar-refractivity contribution in [3.63, 3.8) is 0 Å². The van der Waals surface area contributed by atoms with Crippen LogP contribution in [0.2, 0.25) is 0 Å². The molecule has 0 aliphatic heterocycles. The van der Waals surface area contributed by atoms with Crippen molar-refractivity contribution in [3.05, 3.63) is 36.0 Å². The number of rotatable bonds is 4. The zero-order valence-electron chi connectivity index (χ0n) is 9.28. The summed E-state index contributed by atoms with van der Waals surface area (Å²) in [7, 11) is 0. The molecule has 0 unspecified atom stereocenters. The second-order valence-corrected chi connectivity index (χ2v) is 3.03. The van der Waals surface area contributed by atoms with Gasteiger partial charge in [0.05, 0.1) is 0 Å². The summed E-state index contributed by atoms with van der Waals surface area (Å²) in [4.78, 5) is 11.2. The lowest BCUT2D eigenvalue weighted by Gasteiger charge is -2.05. The van der Waals surface area contributed by atoms with Crippen molar-refractivity contribution in [2.45, 2.75) is 33.8 Å². The molecule has 0 spiro atoms. The first-order valence-corrected chi connectivity index (χ1v) is 4.74. The Morgan fingerprint density at radius 1 is 1.29 bits per heavy atom. The van der Waals surface area contributed by atoms with Crippen molar-refractivity contribution in [2.24, 2.45) is 0 Å². The van der Waals surface area contributed by atoms with Gasteiger partial charge < -0.3 is 4.74 Å². The lowest BCUT2D eigenvalue weighted by Crippen LogP contribution is -2.09. The third-order valence-corrected chi connectivity index (χ3v) is 1.70. The van der Waals surface area contributed by atoms with Crippen molar-refractivity contribution in [1.29, 1.82) is 0 Å². The number of esters is 1. The molecular formula is C12H18O2. The van der Waals surface area contributed by atoms with Gasteiger partial charge in [0.2, 0.25) is 0 Å². The SMILES string of the molecule is C/C=C\[C@@H](C)OC(=O)/C=C/C(C)=C/C. The van der Waals surface area contributed by atoms with Gasteiger partial charge in [-0.2, -0.15) is 0 Å². The predicted octanol–water partition coefficient (Wildman–Crippen LogP) is 3.02. The molecule has 0 N–H and O–H groups in total. The Labute approximate surface area is 86.0 Å². The topological polar surface area (TPSA) is 26.3 Å². The molecule has 0 rings (SSSR count). The fourth-order valence-corrected chi connectivity index (χ4v) is 0.829. The number of ether oxygens (including phenoxy) is 1. The Balaban J connectivity index is 4.05. The molecule has 0 aromatic carbocycles. The largest absolute Gasteiger partial charge is 0.455 e. The van der Waals surface area contributed by atoms with Gasteiger partial charge in [0.1, 0.15) is 6.10 Å². The van der Waals surface area contributed by atoms with E-state index in [0.717, 1.165) is 5.57 Å². The maximum atomic E-state index is 11.2. The normalized spacial score (nSPS) is 15.0. The summed E-state index contributed by atoms with van der Waals surface area (Å²) < 4.78 is 5.05. The average molecular weight is 194 g/mol. The van der Waals surface area contributed by atoms with Gasteiger partial charge in [-0.25, -0.2) is 4.79 Å². The first-order valence-electron chi connectivity index (χ1n) is 4.74. The summed E-state index contributed by atoms with van der Waals surface area (Å²) >= 11 is 0. The summed E-state index contributed by atoms with van der Waals surface area (Å²) in [6.07, 6.45) is 8.63. The number of hydrogen-bond acceptors (Lipinski definition) is 2. The highest BCUT2D eigenvalue weighted by Gasteiger charge is 2.01. The Morgan fingerprint density at radius 2 is 1.93 bits per heavy atom. The van der Waals surface area contributed by atoms with E-state index in [-0.39, 0.29) is 12.1 Å². The summed E-state index contributed by atoms with van der Waals surface area (Å²) in [5.41, 5.74) is 1.04. The molecule has 2 nitrogen and oxygen atoms in total. The Kier molecular flexibility index (Phi) is 6.46. The fourth-order valence-electron chi connectivity index (χ4n) is 0.829. The summed E-state index contributed by atoms with van der Waals surface area (Å²) in [5, 5.41) is 0. The maximum Gasteiger partial charge on any atom is 0.331 e. The zero-order chi connectivity index (χ0) is 11.0. The second-order valence-electron chi connectivity index (χ2n) is 3.03. The quantitative estimate of drug-likeness (QED) is 0.297. The molecule has 0 radical (unpaired) electrons. The molecule has 0 amide bonds. The van der Waals surface area contributed by atoms with Crippen LogP contribution in [0, 0.1) is 0 Å². The molecule has 0 aromatic heterocycles. The number of allylic oxidation sites excluding steroid dienone is 4. The van der Waals surface area contributed by atoms with Crippen LogP contribution < -0.4 is 0 Å². The van der Waals surface area contributed by atoms with Crippen LogP contribution in [0.15, 0.2) is 36.0 Å². The minimum atomic E-state index is -0.309. The van der Waals surface area contributed by atoms with Crippen LogP contribution in [-0.4, -0.2) is 12.1 Å². The molecular weight excluding hydrogens is 176 g/mol. The van der Waals surface area contributed by atoms with Crippen LogP contribution in [0.5, 0.6) is 0 Å². The van der Waals surface area contributed by atoms with E-state index in [1.165, 1.54) is 6.08 Å². The molecule has 0 heterocycles.